The number of hydrogen-bond donors (Lipinski definition) is 0. The van der Waals surface area contributed by atoms with Crippen LogP contribution in [0.1, 0.15) is 32.3 Å². The van der Waals surface area contributed by atoms with E-state index in [4.69, 9.17) is 16.3 Å². The van der Waals surface area contributed by atoms with E-state index in [1.807, 2.05) is 12.1 Å². The smallest absolute Gasteiger partial charge is 0.0589 e. The molecular weight excluding hydrogens is 326 g/mol. The molecule has 0 aromatic heterocycles. The normalized spacial score (nSPS) is 11.5. The average Bonchev–Trinajstić information content (AvgIpc) is 2.39. The highest BCUT2D eigenvalue weighted by atomic mass is 79.9. The summed E-state index contributed by atoms with van der Waals surface area (Å²) in [5, 5.41) is 0.822. The summed E-state index contributed by atoms with van der Waals surface area (Å²) in [6, 6.07) is 6.67. The molecule has 0 aliphatic rings. The number of ether oxygens (including phenoxy) is 1. The van der Waals surface area contributed by atoms with Crippen molar-refractivity contribution in [3.05, 3.63) is 33.3 Å². The van der Waals surface area contributed by atoms with Gasteiger partial charge in [0.25, 0.3) is 0 Å². The molecule has 0 saturated carbocycles. The highest BCUT2D eigenvalue weighted by Crippen LogP contribution is 2.24. The molecule has 0 unspecified atom stereocenters. The summed E-state index contributed by atoms with van der Waals surface area (Å²) in [6.45, 7) is 7.04. The molecule has 19 heavy (non-hydrogen) atoms. The first kappa shape index (κ1) is 17.0. The molecule has 108 valence electrons. The van der Waals surface area contributed by atoms with Crippen LogP contribution in [0.15, 0.2) is 22.7 Å². The van der Waals surface area contributed by atoms with E-state index < -0.39 is 0 Å². The van der Waals surface area contributed by atoms with Crippen LogP contribution in [0.5, 0.6) is 0 Å². The van der Waals surface area contributed by atoms with E-state index in [1.165, 1.54) is 5.56 Å². The second kappa shape index (κ2) is 8.96. The van der Waals surface area contributed by atoms with Crippen molar-refractivity contribution in [1.82, 2.24) is 4.90 Å². The molecule has 0 aliphatic carbocycles. The van der Waals surface area contributed by atoms with Crippen LogP contribution in [0, 0.1) is 0 Å². The van der Waals surface area contributed by atoms with Crippen LogP contribution in [0.25, 0.3) is 0 Å². The molecule has 2 nitrogen and oxygen atoms in total. The number of nitrogens with zero attached hydrogens (tertiary/aromatic N) is 1. The van der Waals surface area contributed by atoms with Crippen molar-refractivity contribution in [2.24, 2.45) is 0 Å². The van der Waals surface area contributed by atoms with Gasteiger partial charge in [-0.25, -0.2) is 0 Å². The lowest BCUT2D eigenvalue weighted by Gasteiger charge is -2.30. The molecule has 0 aliphatic heterocycles. The van der Waals surface area contributed by atoms with E-state index in [0.717, 1.165) is 42.0 Å². The molecule has 0 amide bonds. The van der Waals surface area contributed by atoms with Gasteiger partial charge < -0.3 is 4.74 Å². The van der Waals surface area contributed by atoms with Crippen molar-refractivity contribution in [1.29, 1.82) is 0 Å². The zero-order valence-electron chi connectivity index (χ0n) is 12.0. The molecule has 4 heteroatoms. The van der Waals surface area contributed by atoms with Crippen molar-refractivity contribution in [3.8, 4) is 0 Å². The quantitative estimate of drug-likeness (QED) is 0.673. The Kier molecular flexibility index (Phi) is 8.00. The van der Waals surface area contributed by atoms with Crippen LogP contribution in [0.3, 0.4) is 0 Å². The first-order chi connectivity index (χ1) is 9.12. The summed E-state index contributed by atoms with van der Waals surface area (Å²) >= 11 is 9.75. The van der Waals surface area contributed by atoms with Crippen molar-refractivity contribution in [2.45, 2.75) is 39.3 Å². The summed E-state index contributed by atoms with van der Waals surface area (Å²) in [5.74, 6) is 0. The number of benzene rings is 1. The third-order valence-corrected chi connectivity index (χ3v) is 4.28. The van der Waals surface area contributed by atoms with Gasteiger partial charge in [-0.05, 0) is 30.5 Å². The monoisotopic (exact) mass is 347 g/mol. The maximum Gasteiger partial charge on any atom is 0.0589 e. The Morgan fingerprint density at radius 2 is 2.00 bits per heavy atom. The van der Waals surface area contributed by atoms with Gasteiger partial charge in [-0.3, -0.25) is 4.90 Å². The third-order valence-electron chi connectivity index (χ3n) is 3.43. The average molecular weight is 349 g/mol. The van der Waals surface area contributed by atoms with Crippen LogP contribution in [-0.4, -0.2) is 31.2 Å². The summed E-state index contributed by atoms with van der Waals surface area (Å²) in [7, 11) is 1.75. The molecule has 0 bridgehead atoms. The Bertz CT molecular complexity index is 382. The lowest BCUT2D eigenvalue weighted by molar-refractivity contribution is 0.110. The predicted molar refractivity (Wildman–Crippen MR) is 85.8 cm³/mol. The zero-order valence-corrected chi connectivity index (χ0v) is 14.3. The summed E-state index contributed by atoms with van der Waals surface area (Å²) in [5.41, 5.74) is 1.17. The maximum absolute atomic E-state index is 6.31. The minimum Gasteiger partial charge on any atom is -0.383 e. The standard InChI is InChI=1S/C15H23BrClNO/c1-4-14(5-2)18(8-9-19-3)11-12-6-7-13(16)10-15(12)17/h6-7,10,14H,4-5,8-9,11H2,1-3H3. The summed E-state index contributed by atoms with van der Waals surface area (Å²) < 4.78 is 6.24. The molecule has 1 aromatic carbocycles. The van der Waals surface area contributed by atoms with E-state index in [-0.39, 0.29) is 0 Å². The minimum atomic E-state index is 0.579. The van der Waals surface area contributed by atoms with Crippen LogP contribution < -0.4 is 0 Å². The molecule has 1 rings (SSSR count). The lowest BCUT2D eigenvalue weighted by atomic mass is 10.1. The van der Waals surface area contributed by atoms with Crippen LogP contribution >= 0.6 is 27.5 Å². The van der Waals surface area contributed by atoms with Crippen molar-refractivity contribution in [2.75, 3.05) is 20.3 Å². The van der Waals surface area contributed by atoms with Crippen molar-refractivity contribution < 1.29 is 4.74 Å². The molecule has 0 saturated heterocycles. The SMILES string of the molecule is CCC(CC)N(CCOC)Cc1ccc(Br)cc1Cl. The van der Waals surface area contributed by atoms with Crippen LogP contribution in [0.2, 0.25) is 5.02 Å². The zero-order chi connectivity index (χ0) is 14.3. The number of halogens is 2. The Balaban J connectivity index is 2.80. The van der Waals surface area contributed by atoms with Crippen molar-refractivity contribution in [3.63, 3.8) is 0 Å². The molecular formula is C15H23BrClNO. The Labute approximate surface area is 130 Å². The Morgan fingerprint density at radius 1 is 1.32 bits per heavy atom. The lowest BCUT2D eigenvalue weighted by Crippen LogP contribution is -2.36. The summed E-state index contributed by atoms with van der Waals surface area (Å²) in [6.07, 6.45) is 2.29. The van der Waals surface area contributed by atoms with Gasteiger partial charge in [0.15, 0.2) is 0 Å². The van der Waals surface area contributed by atoms with E-state index in [9.17, 15) is 0 Å². The second-order valence-electron chi connectivity index (χ2n) is 4.67. The third kappa shape index (κ3) is 5.42. The fraction of sp³-hybridized carbons (Fsp3) is 0.600. The molecule has 0 heterocycles. The van der Waals surface area contributed by atoms with E-state index in [1.54, 1.807) is 7.11 Å². The van der Waals surface area contributed by atoms with Crippen LogP contribution in [0.4, 0.5) is 0 Å². The minimum absolute atomic E-state index is 0.579. The predicted octanol–water partition coefficient (Wildman–Crippen LogP) is 4.74. The van der Waals surface area contributed by atoms with Gasteiger partial charge in [0, 0.05) is 35.7 Å². The Morgan fingerprint density at radius 3 is 2.53 bits per heavy atom. The largest absolute Gasteiger partial charge is 0.383 e. The fourth-order valence-corrected chi connectivity index (χ4v) is 3.01. The van der Waals surface area contributed by atoms with Gasteiger partial charge >= 0.3 is 0 Å². The number of rotatable bonds is 8. The Hall–Kier alpha value is -0.0900. The van der Waals surface area contributed by atoms with Gasteiger partial charge in [-0.2, -0.15) is 0 Å². The molecule has 0 spiro atoms. The molecule has 1 aromatic rings. The van der Waals surface area contributed by atoms with Crippen molar-refractivity contribution >= 4 is 27.5 Å². The first-order valence-corrected chi connectivity index (χ1v) is 7.96. The maximum atomic E-state index is 6.31. The van der Waals surface area contributed by atoms with Gasteiger partial charge in [0.05, 0.1) is 6.61 Å². The first-order valence-electron chi connectivity index (χ1n) is 6.79. The molecule has 0 atom stereocenters. The molecule has 0 N–H and O–H groups in total. The second-order valence-corrected chi connectivity index (χ2v) is 5.99. The van der Waals surface area contributed by atoms with Gasteiger partial charge in [0.1, 0.15) is 0 Å². The summed E-state index contributed by atoms with van der Waals surface area (Å²) in [4.78, 5) is 2.46. The van der Waals surface area contributed by atoms with E-state index in [0.29, 0.717) is 6.04 Å². The number of hydrogen-bond acceptors (Lipinski definition) is 2. The fourth-order valence-electron chi connectivity index (χ4n) is 2.27. The van der Waals surface area contributed by atoms with Gasteiger partial charge in [-0.15, -0.1) is 0 Å². The van der Waals surface area contributed by atoms with Gasteiger partial charge in [-0.1, -0.05) is 47.4 Å². The topological polar surface area (TPSA) is 12.5 Å². The van der Waals surface area contributed by atoms with E-state index in [2.05, 4.69) is 40.7 Å². The van der Waals surface area contributed by atoms with Crippen LogP contribution in [-0.2, 0) is 11.3 Å². The molecule has 0 fully saturated rings. The highest BCUT2D eigenvalue weighted by Gasteiger charge is 2.16. The number of methoxy groups -OCH3 is 1. The van der Waals surface area contributed by atoms with Gasteiger partial charge in [0.2, 0.25) is 0 Å². The highest BCUT2D eigenvalue weighted by molar-refractivity contribution is 9.10. The molecule has 0 radical (unpaired) electrons. The van der Waals surface area contributed by atoms with E-state index >= 15 is 0 Å².